The predicted molar refractivity (Wildman–Crippen MR) is 283 cm³/mol. The number of rotatable bonds is 8. The van der Waals surface area contributed by atoms with Crippen molar-refractivity contribution in [3.8, 4) is 11.1 Å². The number of carbonyl (C=O) groups excluding carboxylic acids is 3. The van der Waals surface area contributed by atoms with Crippen LogP contribution in [0.25, 0.3) is 11.1 Å². The molecule has 1 heterocycles. The van der Waals surface area contributed by atoms with Crippen molar-refractivity contribution in [3.63, 3.8) is 0 Å². The van der Waals surface area contributed by atoms with Crippen molar-refractivity contribution in [2.24, 2.45) is 0 Å². The Hall–Kier alpha value is -4.75. The van der Waals surface area contributed by atoms with Gasteiger partial charge >= 0.3 is 19.5 Å². The second-order valence-electron chi connectivity index (χ2n) is 17.9. The highest BCUT2D eigenvalue weighted by Crippen LogP contribution is 2.40. The Morgan fingerprint density at radius 2 is 0.897 bits per heavy atom. The van der Waals surface area contributed by atoms with Crippen molar-refractivity contribution in [2.75, 3.05) is 18.8 Å². The summed E-state index contributed by atoms with van der Waals surface area (Å²) in [7, 11) is -12.1. The first kappa shape index (κ1) is 67.5. The first-order valence-corrected chi connectivity index (χ1v) is 29.5. The molecule has 31 heteroatoms. The molecule has 1 aliphatic heterocycles. The standard InChI is InChI=1S/C16H12ClF4NO3S.C15H21BFNO5S.C9H9BrFNO3S.C7H3BrClF3/c1-8-5-11(15(23)22-26(2,24)25)14(18)7-10(8)9-3-4-13(17)12(6-9)16(19,20)21;1-9-7-10(13(19)18-24(6,20)21)12(17)8-11(9)16-22-14(2,3)15(4,5)23-16;1-5-3-6(8(11)4-7(5)10)9(13)12-16(2,14)15;8-4-1-2-6(9)5(3-4)7(10,11)12/h3-7H,1-2H3,(H,22,23);7-8H,1-6H3,(H,18,19);3-4H,1-2H3,(H,12,13);1-3H. The SMILES string of the molecule is Cc1cc(C(=O)NS(C)(=O)=O)c(F)cc1-c1ccc(Cl)c(C(F)(F)F)c1.Cc1cc(C(=O)NS(C)(=O)=O)c(F)cc1B1OC(C)(C)C(C)(C)O1.Cc1cc(C(=O)NS(C)(=O)=O)c(F)cc1Br.FC(F)(F)c1cc(Br)ccc1Cl. The van der Waals surface area contributed by atoms with Gasteiger partial charge in [-0.1, -0.05) is 66.7 Å². The summed E-state index contributed by atoms with van der Waals surface area (Å²) in [5.74, 6) is -5.86. The molecule has 0 radical (unpaired) electrons. The van der Waals surface area contributed by atoms with Gasteiger partial charge in [-0.2, -0.15) is 26.3 Å². The molecule has 1 fully saturated rings. The average Bonchev–Trinajstić information content (AvgIpc) is 3.47. The number of benzene rings is 5. The first-order chi connectivity index (χ1) is 35.1. The number of hydrogen-bond donors (Lipinski definition) is 3. The van der Waals surface area contributed by atoms with Crippen molar-refractivity contribution in [2.45, 2.75) is 72.0 Å². The van der Waals surface area contributed by atoms with Crippen LogP contribution in [0.1, 0.15) is 86.6 Å². The molecule has 14 nitrogen and oxygen atoms in total. The fourth-order valence-electron chi connectivity index (χ4n) is 6.39. The van der Waals surface area contributed by atoms with Crippen LogP contribution in [0.5, 0.6) is 0 Å². The van der Waals surface area contributed by atoms with Gasteiger partial charge in [0.05, 0.1) is 67.8 Å². The van der Waals surface area contributed by atoms with Gasteiger partial charge in [0.1, 0.15) is 17.5 Å². The third-order valence-corrected chi connectivity index (χ3v) is 14.5. The fraction of sp³-hybridized carbons (Fsp3) is 0.298. The summed E-state index contributed by atoms with van der Waals surface area (Å²) >= 11 is 16.9. The van der Waals surface area contributed by atoms with E-state index in [9.17, 15) is 79.2 Å². The summed E-state index contributed by atoms with van der Waals surface area (Å²) in [6.45, 7) is 12.3. The average molecular weight is 1340 g/mol. The van der Waals surface area contributed by atoms with E-state index in [0.717, 1.165) is 61.2 Å². The fourth-order valence-corrected chi connectivity index (χ4v) is 8.85. The minimum Gasteiger partial charge on any atom is -0.399 e. The second kappa shape index (κ2) is 25.4. The zero-order valence-electron chi connectivity index (χ0n) is 42.1. The molecule has 0 unspecified atom stereocenters. The third kappa shape index (κ3) is 19.2. The molecular weight excluding hydrogens is 1290 g/mol. The van der Waals surface area contributed by atoms with Crippen molar-refractivity contribution in [3.05, 3.63) is 154 Å². The van der Waals surface area contributed by atoms with Gasteiger partial charge in [0, 0.05) is 8.95 Å². The second-order valence-corrected chi connectivity index (χ2v) is 25.8. The van der Waals surface area contributed by atoms with Crippen LogP contribution in [0.4, 0.5) is 39.5 Å². The smallest absolute Gasteiger partial charge is 0.399 e. The van der Waals surface area contributed by atoms with Crippen LogP contribution in [-0.2, 0) is 51.7 Å². The maximum absolute atomic E-state index is 14.3. The molecule has 6 rings (SSSR count). The topological polar surface area (TPSA) is 208 Å². The van der Waals surface area contributed by atoms with Gasteiger partial charge in [-0.15, -0.1) is 0 Å². The zero-order valence-corrected chi connectivity index (χ0v) is 49.3. The Morgan fingerprint density at radius 3 is 1.29 bits per heavy atom. The van der Waals surface area contributed by atoms with Crippen LogP contribution < -0.4 is 19.6 Å². The lowest BCUT2D eigenvalue weighted by Crippen LogP contribution is -2.41. The lowest BCUT2D eigenvalue weighted by atomic mass is 9.75. The molecule has 1 aliphatic rings. The normalized spacial score (nSPS) is 14.1. The van der Waals surface area contributed by atoms with Gasteiger partial charge in [-0.3, -0.25) is 14.4 Å². The van der Waals surface area contributed by atoms with Gasteiger partial charge in [0.2, 0.25) is 30.1 Å². The zero-order chi connectivity index (χ0) is 60.2. The van der Waals surface area contributed by atoms with Crippen molar-refractivity contribution in [1.82, 2.24) is 14.2 Å². The van der Waals surface area contributed by atoms with Gasteiger partial charge in [-0.25, -0.2) is 52.6 Å². The summed E-state index contributed by atoms with van der Waals surface area (Å²) in [6, 6.07) is 13.5. The molecule has 0 spiro atoms. The number of amides is 3. The van der Waals surface area contributed by atoms with Gasteiger partial charge < -0.3 is 9.31 Å². The summed E-state index contributed by atoms with van der Waals surface area (Å²) in [4.78, 5) is 35.1. The molecule has 3 amide bonds. The number of alkyl halides is 6. The summed E-state index contributed by atoms with van der Waals surface area (Å²) in [5, 5.41) is -0.783. The molecule has 0 saturated carbocycles. The molecule has 426 valence electrons. The number of hydrogen-bond acceptors (Lipinski definition) is 11. The minimum atomic E-state index is -4.69. The third-order valence-electron chi connectivity index (χ3n) is 10.8. The van der Waals surface area contributed by atoms with E-state index in [1.807, 2.05) is 27.7 Å². The molecule has 0 aromatic heterocycles. The van der Waals surface area contributed by atoms with E-state index in [1.54, 1.807) is 28.0 Å². The van der Waals surface area contributed by atoms with Crippen LogP contribution in [-0.4, -0.2) is 80.1 Å². The Balaban J connectivity index is 0.000000284. The van der Waals surface area contributed by atoms with Crippen LogP contribution in [0, 0.1) is 38.2 Å². The van der Waals surface area contributed by atoms with Crippen molar-refractivity contribution >= 4 is 115 Å². The Morgan fingerprint density at radius 1 is 0.538 bits per heavy atom. The molecule has 78 heavy (non-hydrogen) atoms. The highest BCUT2D eigenvalue weighted by molar-refractivity contribution is 9.10. The molecule has 3 N–H and O–H groups in total. The number of sulfonamides is 3. The van der Waals surface area contributed by atoms with E-state index in [0.29, 0.717) is 25.5 Å². The lowest BCUT2D eigenvalue weighted by molar-refractivity contribution is -0.138. The highest BCUT2D eigenvalue weighted by Gasteiger charge is 2.52. The van der Waals surface area contributed by atoms with Crippen LogP contribution in [0.2, 0.25) is 10.0 Å². The summed E-state index contributed by atoms with van der Waals surface area (Å²) < 4.78 is 201. The van der Waals surface area contributed by atoms with Crippen molar-refractivity contribution < 1.29 is 88.5 Å². The highest BCUT2D eigenvalue weighted by atomic mass is 79.9. The Labute approximate surface area is 470 Å². The number of aryl methyl sites for hydroxylation is 3. The largest absolute Gasteiger partial charge is 0.495 e. The number of halogens is 13. The summed E-state index contributed by atoms with van der Waals surface area (Å²) in [6.07, 6.45) is -6.69. The van der Waals surface area contributed by atoms with E-state index >= 15 is 0 Å². The maximum Gasteiger partial charge on any atom is 0.495 e. The number of nitrogens with one attached hydrogen (secondary N) is 3. The number of carbonyl (C=O) groups is 3. The molecule has 5 aromatic rings. The minimum absolute atomic E-state index is 0.0493. The quantitative estimate of drug-likeness (QED) is 0.0983. The van der Waals surface area contributed by atoms with Gasteiger partial charge in [-0.05, 0) is 143 Å². The maximum atomic E-state index is 14.3. The van der Waals surface area contributed by atoms with E-state index in [2.05, 4.69) is 31.9 Å². The molecule has 5 aromatic carbocycles. The molecule has 1 saturated heterocycles. The summed E-state index contributed by atoms with van der Waals surface area (Å²) in [5.41, 5.74) is -2.13. The van der Waals surface area contributed by atoms with E-state index in [1.165, 1.54) is 37.3 Å². The van der Waals surface area contributed by atoms with Crippen LogP contribution in [0.3, 0.4) is 0 Å². The molecule has 0 aliphatic carbocycles. The Bertz CT molecular complexity index is 3490. The molecule has 0 bridgehead atoms. The van der Waals surface area contributed by atoms with Crippen LogP contribution in [0.15, 0.2) is 81.7 Å². The van der Waals surface area contributed by atoms with E-state index in [4.69, 9.17) is 32.5 Å². The molecule has 0 atom stereocenters. The van der Waals surface area contributed by atoms with Gasteiger partial charge in [0.25, 0.3) is 17.7 Å². The van der Waals surface area contributed by atoms with Crippen LogP contribution >= 0.6 is 55.1 Å². The first-order valence-electron chi connectivity index (χ1n) is 21.5. The Kier molecular flexibility index (Phi) is 22.0. The van der Waals surface area contributed by atoms with E-state index < -0.39 is 118 Å². The van der Waals surface area contributed by atoms with Gasteiger partial charge in [0.15, 0.2) is 0 Å². The lowest BCUT2D eigenvalue weighted by Gasteiger charge is -2.32. The monoisotopic (exact) mass is 1330 g/mol. The van der Waals surface area contributed by atoms with Crippen molar-refractivity contribution in [1.29, 1.82) is 0 Å². The van der Waals surface area contributed by atoms with E-state index in [-0.39, 0.29) is 32.8 Å². The molecular formula is C47H45BBr2Cl2F9N3O11S3. The predicted octanol–water partition coefficient (Wildman–Crippen LogP) is 11.0.